The predicted molar refractivity (Wildman–Crippen MR) is 109 cm³/mol. The molecule has 1 fully saturated rings. The number of rotatable bonds is 9. The van der Waals surface area contributed by atoms with E-state index in [1.54, 1.807) is 24.9 Å². The Labute approximate surface area is 175 Å². The zero-order valence-electron chi connectivity index (χ0n) is 17.0. The summed E-state index contributed by atoms with van der Waals surface area (Å²) in [5.74, 6) is -0.734. The van der Waals surface area contributed by atoms with Crippen molar-refractivity contribution in [2.45, 2.75) is 32.6 Å². The maximum absolute atomic E-state index is 12.4. The Morgan fingerprint density at radius 1 is 1.28 bits per heavy atom. The van der Waals surface area contributed by atoms with Gasteiger partial charge in [-0.05, 0) is 37.6 Å². The monoisotopic (exact) mass is 423 g/mol. The molecule has 1 saturated heterocycles. The molecular weight excluding hydrogens is 394 g/mol. The summed E-state index contributed by atoms with van der Waals surface area (Å²) in [6.45, 7) is 3.57. The number of nitrogens with one attached hydrogen (secondary N) is 1. The van der Waals surface area contributed by atoms with Crippen molar-refractivity contribution in [3.8, 4) is 0 Å². The van der Waals surface area contributed by atoms with E-state index in [0.29, 0.717) is 50.4 Å². The summed E-state index contributed by atoms with van der Waals surface area (Å²) in [5, 5.41) is 4.62. The number of piperidine rings is 1. The number of likely N-dealkylation sites (N-methyl/N-ethyl adjacent to an activating group) is 1. The van der Waals surface area contributed by atoms with Crippen LogP contribution in [0.4, 0.5) is 0 Å². The molecule has 0 saturated carbocycles. The van der Waals surface area contributed by atoms with Gasteiger partial charge >= 0.3 is 5.97 Å². The summed E-state index contributed by atoms with van der Waals surface area (Å²) < 4.78 is 5.03. The Balaban J connectivity index is 1.64. The van der Waals surface area contributed by atoms with Crippen LogP contribution in [0.3, 0.4) is 0 Å². The Kier molecular flexibility index (Phi) is 9.11. The highest BCUT2D eigenvalue weighted by Crippen LogP contribution is 2.19. The van der Waals surface area contributed by atoms with Gasteiger partial charge in [-0.3, -0.25) is 19.2 Å². The molecule has 1 aliphatic heterocycles. The van der Waals surface area contributed by atoms with Crippen LogP contribution < -0.4 is 5.32 Å². The van der Waals surface area contributed by atoms with Crippen molar-refractivity contribution >= 4 is 35.0 Å². The average molecular weight is 424 g/mol. The summed E-state index contributed by atoms with van der Waals surface area (Å²) in [5.41, 5.74) is 0. The van der Waals surface area contributed by atoms with Crippen LogP contribution in [0.15, 0.2) is 17.5 Å². The minimum atomic E-state index is -0.196. The van der Waals surface area contributed by atoms with E-state index in [-0.39, 0.29) is 42.6 Å². The predicted octanol–water partition coefficient (Wildman–Crippen LogP) is 1.52. The van der Waals surface area contributed by atoms with Crippen LogP contribution in [-0.4, -0.2) is 73.3 Å². The van der Waals surface area contributed by atoms with Crippen LogP contribution in [0, 0.1) is 5.92 Å². The van der Waals surface area contributed by atoms with Crippen LogP contribution in [-0.2, 0) is 19.1 Å². The quantitative estimate of drug-likeness (QED) is 0.480. The van der Waals surface area contributed by atoms with Gasteiger partial charge in [0.25, 0.3) is 5.91 Å². The van der Waals surface area contributed by atoms with Crippen molar-refractivity contribution in [3.63, 3.8) is 0 Å². The van der Waals surface area contributed by atoms with Gasteiger partial charge in [0.05, 0.1) is 23.9 Å². The molecule has 1 aromatic rings. The number of nitrogens with zero attached hydrogens (tertiary/aromatic N) is 2. The molecule has 2 rings (SSSR count). The first kappa shape index (κ1) is 22.9. The third-order valence-corrected chi connectivity index (χ3v) is 5.73. The summed E-state index contributed by atoms with van der Waals surface area (Å²) >= 11 is 1.37. The van der Waals surface area contributed by atoms with Gasteiger partial charge in [0.1, 0.15) is 0 Å². The van der Waals surface area contributed by atoms with E-state index in [4.69, 9.17) is 4.74 Å². The van der Waals surface area contributed by atoms with Crippen LogP contribution in [0.25, 0.3) is 0 Å². The second kappa shape index (κ2) is 11.5. The van der Waals surface area contributed by atoms with Gasteiger partial charge in [0.15, 0.2) is 0 Å². The number of likely N-dealkylation sites (tertiary alicyclic amines) is 1. The maximum atomic E-state index is 12.4. The maximum Gasteiger partial charge on any atom is 0.309 e. The lowest BCUT2D eigenvalue weighted by atomic mass is 9.97. The third kappa shape index (κ3) is 7.16. The topological polar surface area (TPSA) is 96.0 Å². The zero-order chi connectivity index (χ0) is 21.2. The molecule has 29 heavy (non-hydrogen) atoms. The number of esters is 1. The molecule has 0 radical (unpaired) electrons. The minimum absolute atomic E-state index is 0.0183. The van der Waals surface area contributed by atoms with Gasteiger partial charge < -0.3 is 19.9 Å². The fourth-order valence-electron chi connectivity index (χ4n) is 3.14. The van der Waals surface area contributed by atoms with Crippen LogP contribution >= 0.6 is 11.3 Å². The third-order valence-electron chi connectivity index (χ3n) is 4.86. The number of carbonyl (C=O) groups excluding carboxylic acids is 4. The largest absolute Gasteiger partial charge is 0.466 e. The Morgan fingerprint density at radius 3 is 2.62 bits per heavy atom. The van der Waals surface area contributed by atoms with Crippen molar-refractivity contribution in [1.29, 1.82) is 0 Å². The molecule has 3 amide bonds. The second-order valence-electron chi connectivity index (χ2n) is 6.99. The van der Waals surface area contributed by atoms with Crippen molar-refractivity contribution in [2.24, 2.45) is 5.92 Å². The second-order valence-corrected chi connectivity index (χ2v) is 7.94. The fraction of sp³-hybridized carbons (Fsp3) is 0.600. The van der Waals surface area contributed by atoms with Gasteiger partial charge in [-0.1, -0.05) is 6.07 Å². The van der Waals surface area contributed by atoms with E-state index in [2.05, 4.69) is 5.32 Å². The molecule has 0 bridgehead atoms. The zero-order valence-corrected chi connectivity index (χ0v) is 17.8. The number of thiophene rings is 1. The summed E-state index contributed by atoms with van der Waals surface area (Å²) in [4.78, 5) is 52.0. The minimum Gasteiger partial charge on any atom is -0.466 e. The highest BCUT2D eigenvalue weighted by atomic mass is 32.1. The molecular formula is C20H29N3O5S. The first-order valence-corrected chi connectivity index (χ1v) is 10.8. The molecule has 2 heterocycles. The standard InChI is InChI=1S/C20H29N3O5S/c1-3-28-20(27)15-8-11-23(12-9-15)18(25)14-22(2)17(24)7-4-10-21-19(26)16-6-5-13-29-16/h5-6,13,15H,3-4,7-12,14H2,1-2H3,(H,21,26). The summed E-state index contributed by atoms with van der Waals surface area (Å²) in [7, 11) is 1.61. The Morgan fingerprint density at radius 2 is 2.00 bits per heavy atom. The molecule has 160 valence electrons. The van der Waals surface area contributed by atoms with E-state index in [9.17, 15) is 19.2 Å². The first-order valence-electron chi connectivity index (χ1n) is 9.92. The van der Waals surface area contributed by atoms with E-state index >= 15 is 0 Å². The normalized spacial score (nSPS) is 14.3. The molecule has 0 aromatic carbocycles. The van der Waals surface area contributed by atoms with Crippen LogP contribution in [0.5, 0.6) is 0 Å². The van der Waals surface area contributed by atoms with Gasteiger partial charge in [0.2, 0.25) is 11.8 Å². The van der Waals surface area contributed by atoms with E-state index < -0.39 is 0 Å². The van der Waals surface area contributed by atoms with Gasteiger partial charge in [-0.2, -0.15) is 0 Å². The molecule has 0 atom stereocenters. The van der Waals surface area contributed by atoms with Gasteiger partial charge in [0, 0.05) is 33.1 Å². The number of carbonyl (C=O) groups is 4. The molecule has 1 aliphatic rings. The molecule has 9 heteroatoms. The van der Waals surface area contributed by atoms with Crippen LogP contribution in [0.1, 0.15) is 42.3 Å². The van der Waals surface area contributed by atoms with Crippen molar-refractivity contribution in [1.82, 2.24) is 15.1 Å². The van der Waals surface area contributed by atoms with Gasteiger partial charge in [-0.15, -0.1) is 11.3 Å². The molecule has 1 N–H and O–H groups in total. The van der Waals surface area contributed by atoms with E-state index in [0.717, 1.165) is 0 Å². The lowest BCUT2D eigenvalue weighted by Crippen LogP contribution is -2.45. The summed E-state index contributed by atoms with van der Waals surface area (Å²) in [6.07, 6.45) is 1.96. The average Bonchev–Trinajstić information content (AvgIpc) is 3.26. The lowest BCUT2D eigenvalue weighted by molar-refractivity contribution is -0.151. The number of amides is 3. The Hall–Kier alpha value is -2.42. The number of hydrogen-bond donors (Lipinski definition) is 1. The molecule has 0 spiro atoms. The highest BCUT2D eigenvalue weighted by molar-refractivity contribution is 7.12. The van der Waals surface area contributed by atoms with E-state index in [1.807, 2.05) is 11.4 Å². The lowest BCUT2D eigenvalue weighted by Gasteiger charge is -2.32. The smallest absolute Gasteiger partial charge is 0.309 e. The SMILES string of the molecule is CCOC(=O)C1CCN(C(=O)CN(C)C(=O)CCCNC(=O)c2cccs2)CC1. The molecule has 0 unspecified atom stereocenters. The van der Waals surface area contributed by atoms with Crippen LogP contribution in [0.2, 0.25) is 0 Å². The molecule has 1 aromatic heterocycles. The summed E-state index contributed by atoms with van der Waals surface area (Å²) in [6, 6.07) is 3.56. The highest BCUT2D eigenvalue weighted by Gasteiger charge is 2.28. The van der Waals surface area contributed by atoms with Crippen molar-refractivity contribution in [3.05, 3.63) is 22.4 Å². The van der Waals surface area contributed by atoms with Crippen molar-refractivity contribution < 1.29 is 23.9 Å². The first-order chi connectivity index (χ1) is 13.9. The van der Waals surface area contributed by atoms with E-state index in [1.165, 1.54) is 16.2 Å². The Bertz CT molecular complexity index is 699. The fourth-order valence-corrected chi connectivity index (χ4v) is 3.78. The molecule has 8 nitrogen and oxygen atoms in total. The number of hydrogen-bond acceptors (Lipinski definition) is 6. The number of ether oxygens (including phenoxy) is 1. The van der Waals surface area contributed by atoms with Gasteiger partial charge in [-0.25, -0.2) is 0 Å². The van der Waals surface area contributed by atoms with Crippen molar-refractivity contribution in [2.75, 3.05) is 39.8 Å². The molecule has 0 aliphatic carbocycles.